The molecule has 0 unspecified atom stereocenters. The van der Waals surface area contributed by atoms with E-state index in [1.54, 1.807) is 6.92 Å². The summed E-state index contributed by atoms with van der Waals surface area (Å²) in [5, 5.41) is 4.40. The number of piperazine rings is 1. The number of carbonyl (C=O) groups excluding carboxylic acids is 2. The molecule has 34 heavy (non-hydrogen) atoms. The summed E-state index contributed by atoms with van der Waals surface area (Å²) in [6.07, 6.45) is 3.39. The Kier molecular flexibility index (Phi) is 5.95. The first-order valence-electron chi connectivity index (χ1n) is 11.8. The van der Waals surface area contributed by atoms with Crippen molar-refractivity contribution in [3.05, 3.63) is 36.5 Å². The molecule has 5 N–H and O–H groups in total. The van der Waals surface area contributed by atoms with E-state index in [0.717, 1.165) is 80.3 Å². The van der Waals surface area contributed by atoms with Crippen LogP contribution in [0.4, 0.5) is 23.1 Å². The first-order chi connectivity index (χ1) is 16.5. The van der Waals surface area contributed by atoms with Crippen molar-refractivity contribution in [2.45, 2.75) is 19.8 Å². The molecule has 2 fully saturated rings. The summed E-state index contributed by atoms with van der Waals surface area (Å²) < 4.78 is 0. The van der Waals surface area contributed by atoms with Crippen LogP contribution in [0.25, 0.3) is 11.0 Å². The standard InChI is InChI=1S/C24H30N8O2/c1-16(33)30-12-14-31(15-13-30)19-4-2-18(3-5-19)27-24-28-22-20(6-9-26-22)23(29-24)32-10-7-17(8-11-32)21(25)34/h2-6,9,17H,7-8,10-15H2,1H3,(H2,25,34)(H2,26,27,28,29)/p+1. The van der Waals surface area contributed by atoms with Crippen LogP contribution in [0.1, 0.15) is 19.8 Å². The Morgan fingerprint density at radius 1 is 1.03 bits per heavy atom. The molecule has 0 bridgehead atoms. The second kappa shape index (κ2) is 9.20. The maximum atomic E-state index is 11.6. The maximum absolute atomic E-state index is 11.6. The SMILES string of the molecule is CC(=O)N1CCN(c2ccc(Nc3nc4[nH]ccc4c(N4CCC(C(N)=O)CC4)[nH+]3)cc2)CC1. The normalized spacial score (nSPS) is 17.3. The molecule has 2 aromatic heterocycles. The number of amides is 2. The third kappa shape index (κ3) is 4.48. The predicted molar refractivity (Wildman–Crippen MR) is 131 cm³/mol. The number of hydrogen-bond donors (Lipinski definition) is 3. The van der Waals surface area contributed by atoms with Crippen LogP contribution in [-0.2, 0) is 9.59 Å². The Hall–Kier alpha value is -3.82. The lowest BCUT2D eigenvalue weighted by Gasteiger charge is -2.35. The molecule has 0 spiro atoms. The molecule has 0 saturated carbocycles. The van der Waals surface area contributed by atoms with Gasteiger partial charge in [-0.05, 0) is 43.2 Å². The number of benzene rings is 1. The molecule has 2 amide bonds. The van der Waals surface area contributed by atoms with Crippen LogP contribution in [0.15, 0.2) is 36.5 Å². The lowest BCUT2D eigenvalue weighted by molar-refractivity contribution is -0.349. The van der Waals surface area contributed by atoms with E-state index in [4.69, 9.17) is 10.7 Å². The van der Waals surface area contributed by atoms with Crippen LogP contribution >= 0.6 is 0 Å². The Morgan fingerprint density at radius 3 is 2.38 bits per heavy atom. The fourth-order valence-corrected chi connectivity index (χ4v) is 4.83. The van der Waals surface area contributed by atoms with Crippen LogP contribution in [0.2, 0.25) is 0 Å². The van der Waals surface area contributed by atoms with E-state index < -0.39 is 0 Å². The first kappa shape index (κ1) is 22.0. The van der Waals surface area contributed by atoms with Gasteiger partial charge >= 0.3 is 5.95 Å². The van der Waals surface area contributed by atoms with Crippen LogP contribution in [0.3, 0.4) is 0 Å². The summed E-state index contributed by atoms with van der Waals surface area (Å²) in [4.78, 5) is 40.9. The molecule has 2 saturated heterocycles. The highest BCUT2D eigenvalue weighted by Gasteiger charge is 2.28. The van der Waals surface area contributed by atoms with Gasteiger partial charge in [-0.15, -0.1) is 0 Å². The number of nitrogens with two attached hydrogens (primary N) is 1. The third-order valence-corrected chi connectivity index (χ3v) is 6.87. The number of nitrogens with zero attached hydrogens (tertiary/aromatic N) is 4. The number of piperidine rings is 1. The lowest BCUT2D eigenvalue weighted by atomic mass is 9.96. The molecule has 2 aliphatic rings. The number of aromatic nitrogens is 3. The number of aromatic amines is 2. The summed E-state index contributed by atoms with van der Waals surface area (Å²) >= 11 is 0. The van der Waals surface area contributed by atoms with Gasteiger partial charge < -0.3 is 25.4 Å². The van der Waals surface area contributed by atoms with E-state index in [0.29, 0.717) is 5.95 Å². The molecule has 1 aromatic carbocycles. The summed E-state index contributed by atoms with van der Waals surface area (Å²) in [5.41, 5.74) is 8.37. The third-order valence-electron chi connectivity index (χ3n) is 6.87. The van der Waals surface area contributed by atoms with E-state index in [-0.39, 0.29) is 17.7 Å². The van der Waals surface area contributed by atoms with Crippen LogP contribution in [-0.4, -0.2) is 66.0 Å². The van der Waals surface area contributed by atoms with Gasteiger partial charge in [-0.1, -0.05) is 4.98 Å². The summed E-state index contributed by atoms with van der Waals surface area (Å²) in [5.74, 6) is 1.50. The number of H-pyrrole nitrogens is 2. The molecule has 10 nitrogen and oxygen atoms in total. The molecule has 2 aliphatic heterocycles. The number of primary amides is 1. The minimum atomic E-state index is -0.211. The van der Waals surface area contributed by atoms with Crippen molar-refractivity contribution in [2.24, 2.45) is 11.7 Å². The largest absolute Gasteiger partial charge is 0.369 e. The number of hydrogen-bond acceptors (Lipinski definition) is 6. The van der Waals surface area contributed by atoms with Gasteiger partial charge in [0.05, 0.1) is 24.2 Å². The lowest BCUT2D eigenvalue weighted by Crippen LogP contribution is -2.48. The molecule has 0 aliphatic carbocycles. The number of carbonyl (C=O) groups is 2. The number of anilines is 4. The smallest absolute Gasteiger partial charge is 0.351 e. The van der Waals surface area contributed by atoms with E-state index in [1.807, 2.05) is 29.3 Å². The quantitative estimate of drug-likeness (QED) is 0.527. The molecule has 10 heteroatoms. The zero-order valence-electron chi connectivity index (χ0n) is 19.4. The second-order valence-electron chi connectivity index (χ2n) is 9.00. The summed E-state index contributed by atoms with van der Waals surface area (Å²) in [7, 11) is 0. The maximum Gasteiger partial charge on any atom is 0.351 e. The van der Waals surface area contributed by atoms with Crippen molar-refractivity contribution in [1.82, 2.24) is 14.9 Å². The molecule has 3 aromatic rings. The molecule has 0 radical (unpaired) electrons. The average Bonchev–Trinajstić information content (AvgIpc) is 3.33. The molecule has 0 atom stereocenters. The van der Waals surface area contributed by atoms with Gasteiger partial charge in [0, 0.05) is 50.9 Å². The van der Waals surface area contributed by atoms with E-state index in [2.05, 4.69) is 37.2 Å². The van der Waals surface area contributed by atoms with Crippen molar-refractivity contribution < 1.29 is 14.6 Å². The Bertz CT molecular complexity index is 1180. The van der Waals surface area contributed by atoms with Gasteiger partial charge in [-0.25, -0.2) is 4.98 Å². The van der Waals surface area contributed by atoms with Gasteiger partial charge in [0.15, 0.2) is 0 Å². The zero-order valence-corrected chi connectivity index (χ0v) is 19.4. The molecule has 5 rings (SSSR count). The number of nitrogens with one attached hydrogen (secondary N) is 3. The van der Waals surface area contributed by atoms with Crippen LogP contribution < -0.4 is 25.8 Å². The Morgan fingerprint density at radius 2 is 1.74 bits per heavy atom. The molecular formula is C24H31N8O2+. The molecule has 4 heterocycles. The topological polar surface area (TPSA) is 125 Å². The van der Waals surface area contributed by atoms with Gasteiger partial charge in [0.1, 0.15) is 0 Å². The predicted octanol–water partition coefficient (Wildman–Crippen LogP) is 1.49. The highest BCUT2D eigenvalue weighted by atomic mass is 16.2. The fourth-order valence-electron chi connectivity index (χ4n) is 4.83. The number of rotatable bonds is 5. The Labute approximate surface area is 198 Å². The van der Waals surface area contributed by atoms with Crippen LogP contribution in [0, 0.1) is 5.92 Å². The van der Waals surface area contributed by atoms with Gasteiger partial charge in [-0.2, -0.15) is 0 Å². The number of fused-ring (bicyclic) bond motifs is 1. The van der Waals surface area contributed by atoms with E-state index >= 15 is 0 Å². The zero-order chi connectivity index (χ0) is 23.7. The van der Waals surface area contributed by atoms with Gasteiger partial charge in [0.2, 0.25) is 23.3 Å². The van der Waals surface area contributed by atoms with Gasteiger partial charge in [0.25, 0.3) is 0 Å². The summed E-state index contributed by atoms with van der Waals surface area (Å²) in [6.45, 7) is 6.33. The average molecular weight is 464 g/mol. The van der Waals surface area contributed by atoms with Crippen molar-refractivity contribution in [3.63, 3.8) is 0 Å². The monoisotopic (exact) mass is 463 g/mol. The van der Waals surface area contributed by atoms with E-state index in [9.17, 15) is 9.59 Å². The Balaban J connectivity index is 1.30. The summed E-state index contributed by atoms with van der Waals surface area (Å²) in [6, 6.07) is 10.3. The van der Waals surface area contributed by atoms with Crippen molar-refractivity contribution >= 4 is 46.0 Å². The van der Waals surface area contributed by atoms with Crippen molar-refractivity contribution in [1.29, 1.82) is 0 Å². The van der Waals surface area contributed by atoms with Crippen molar-refractivity contribution in [2.75, 3.05) is 54.4 Å². The van der Waals surface area contributed by atoms with Crippen LogP contribution in [0.5, 0.6) is 0 Å². The fraction of sp³-hybridized carbons (Fsp3) is 0.417. The molecule has 178 valence electrons. The minimum absolute atomic E-state index is 0.0543. The first-order valence-corrected chi connectivity index (χ1v) is 11.8. The highest BCUT2D eigenvalue weighted by Crippen LogP contribution is 2.27. The van der Waals surface area contributed by atoms with Crippen molar-refractivity contribution in [3.8, 4) is 0 Å². The molecular weight excluding hydrogens is 432 g/mol. The van der Waals surface area contributed by atoms with Gasteiger partial charge in [-0.3, -0.25) is 14.9 Å². The van der Waals surface area contributed by atoms with E-state index in [1.165, 1.54) is 0 Å². The minimum Gasteiger partial charge on any atom is -0.369 e. The second-order valence-corrected chi connectivity index (χ2v) is 9.00. The highest BCUT2D eigenvalue weighted by molar-refractivity contribution is 5.87.